The number of nitrogens with zero attached hydrogens (tertiary/aromatic N) is 3. The Balaban J connectivity index is 0.0000000990. The third-order valence-corrected chi connectivity index (χ3v) is 26.8. The minimum atomic E-state index is -0.184. The molecule has 9 aromatic heterocycles. The molecule has 0 bridgehead atoms. The Bertz CT molecular complexity index is 9460. The zero-order chi connectivity index (χ0) is 82.7. The lowest BCUT2D eigenvalue weighted by atomic mass is 9.81. The van der Waals surface area contributed by atoms with Gasteiger partial charge in [-0.1, -0.05) is 269 Å². The summed E-state index contributed by atoms with van der Waals surface area (Å²) in [5, 5.41) is 21.0. The Kier molecular flexibility index (Phi) is 14.8. The van der Waals surface area contributed by atoms with E-state index >= 15 is 0 Å². The van der Waals surface area contributed by atoms with Crippen molar-refractivity contribution in [3.05, 3.63) is 405 Å². The monoisotopic (exact) mass is 1610 g/mol. The molecule has 126 heavy (non-hydrogen) atoms. The first-order valence-corrected chi connectivity index (χ1v) is 43.0. The van der Waals surface area contributed by atoms with Crippen molar-refractivity contribution in [2.45, 2.75) is 19.3 Å². The van der Waals surface area contributed by atoms with E-state index in [-0.39, 0.29) is 5.41 Å². The molecule has 0 radical (unpaired) electrons. The molecule has 0 saturated carbocycles. The summed E-state index contributed by atoms with van der Waals surface area (Å²) in [5.74, 6) is 0. The van der Waals surface area contributed by atoms with Crippen LogP contribution in [0.5, 0.6) is 0 Å². The first kappa shape index (κ1) is 70.1. The van der Waals surface area contributed by atoms with E-state index in [0.29, 0.717) is 0 Å². The van der Waals surface area contributed by atoms with Crippen LogP contribution < -0.4 is 0 Å². The molecule has 0 N–H and O–H groups in total. The van der Waals surface area contributed by atoms with Gasteiger partial charge in [0.1, 0.15) is 50.2 Å². The van der Waals surface area contributed by atoms with E-state index in [1.807, 2.05) is 66.7 Å². The van der Waals surface area contributed by atoms with Gasteiger partial charge in [0.25, 0.3) is 0 Å². The molecule has 1 aliphatic rings. The zero-order valence-electron chi connectivity index (χ0n) is 68.3. The van der Waals surface area contributed by atoms with Gasteiger partial charge in [-0.15, -0.1) is 0 Å². The summed E-state index contributed by atoms with van der Waals surface area (Å²) in [6.45, 7) is 4.72. The lowest BCUT2D eigenvalue weighted by Crippen LogP contribution is -2.15. The van der Waals surface area contributed by atoms with Crippen molar-refractivity contribution in [2.75, 3.05) is 0 Å². The predicted molar refractivity (Wildman–Crippen MR) is 520 cm³/mol. The Hall–Kier alpha value is -16.6. The fourth-order valence-corrected chi connectivity index (χ4v) is 20.9. The van der Waals surface area contributed by atoms with Gasteiger partial charge in [-0.25, -0.2) is 0 Å². The van der Waals surface area contributed by atoms with Crippen molar-refractivity contribution in [3.8, 4) is 61.6 Å². The van der Waals surface area contributed by atoms with Crippen LogP contribution in [-0.4, -0.2) is 13.7 Å². The second-order valence-corrected chi connectivity index (χ2v) is 34.0. The molecule has 0 spiro atoms. The van der Waals surface area contributed by atoms with E-state index in [4.69, 9.17) is 26.5 Å². The molecule has 19 aromatic carbocycles. The van der Waals surface area contributed by atoms with Crippen LogP contribution in [0.25, 0.3) is 259 Å². The second-order valence-electron chi connectivity index (χ2n) is 34.0. The summed E-state index contributed by atoms with van der Waals surface area (Å²) >= 11 is 0. The molecular formula is C117H71N3O6. The number of furan rings is 6. The van der Waals surface area contributed by atoms with Crippen molar-refractivity contribution in [1.82, 2.24) is 13.7 Å². The maximum atomic E-state index is 6.62. The summed E-state index contributed by atoms with van der Waals surface area (Å²) in [7, 11) is 0. The Morgan fingerprint density at radius 1 is 0.175 bits per heavy atom. The SMILES string of the molecule is CC1(C)c2cc(-c3ccc4oc5ccccc5c4c3)ccc2-c2ccc(-n3c4ccccc4c4ccc5c6ccccc6oc5c43)cc21.c1ccc2c(c1)oc1c(-c3ccc(-n4c5ccccc5c5ccc6c7ccccc7oc6c54)cc3)cccc12.c1ccc2c(c1)oc1ccc(-c3ccc(-n4c5ccccc5c5ccc6c7ccccc7oc6c54)cc3)cc12. The van der Waals surface area contributed by atoms with Crippen LogP contribution in [0.4, 0.5) is 0 Å². The number of hydrogen-bond donors (Lipinski definition) is 0. The standard InChI is InChI=1S/C45H29NO2.2C36H21NO2/c1-45(2)37-24-27(26-16-22-42-36(23-26)33-11-5-7-13-40(33)47-42)15-18-29(37)30-19-17-28(25-38(30)45)46-39-12-6-3-9-31(39)34-20-21-35-32-10-4-8-14-41(32)48-44(35)43(34)46;1-4-10-31-25(7-1)28-18-19-29-26-8-2-6-12-33(26)39-36(29)35(28)37(31)24-16-13-22(14-17-24)23-15-20-34-30(21-23)27-9-3-5-11-32(27)38-34;1-4-13-31-25(8-1)28-20-21-30-27-10-3-6-15-33(27)39-36(30)34(28)37(31)23-18-16-22(17-19-23)24-11-7-12-29-26-9-2-5-14-32(26)38-35(24)29/h3-25H,1-2H3;2*1-21H. The second kappa shape index (κ2) is 26.7. The van der Waals surface area contributed by atoms with Gasteiger partial charge >= 0.3 is 0 Å². The molecule has 0 unspecified atom stereocenters. The number of aromatic nitrogens is 3. The van der Waals surface area contributed by atoms with E-state index in [9.17, 15) is 0 Å². The van der Waals surface area contributed by atoms with Crippen molar-refractivity contribution in [3.63, 3.8) is 0 Å². The Labute approximate surface area is 718 Å². The molecule has 9 heterocycles. The molecule has 0 saturated heterocycles. The maximum absolute atomic E-state index is 6.62. The Morgan fingerprint density at radius 3 is 0.897 bits per heavy atom. The fourth-order valence-electron chi connectivity index (χ4n) is 20.9. The topological polar surface area (TPSA) is 93.6 Å². The average molecular weight is 1610 g/mol. The minimum absolute atomic E-state index is 0.184. The zero-order valence-corrected chi connectivity index (χ0v) is 68.3. The van der Waals surface area contributed by atoms with Gasteiger partial charge in [0.05, 0.1) is 33.1 Å². The minimum Gasteiger partial charge on any atom is -0.456 e. The molecule has 9 nitrogen and oxygen atoms in total. The van der Waals surface area contributed by atoms with Gasteiger partial charge in [0.15, 0.2) is 16.7 Å². The van der Waals surface area contributed by atoms with Gasteiger partial charge in [0, 0.05) is 125 Å². The van der Waals surface area contributed by atoms with Crippen LogP contribution in [-0.2, 0) is 5.41 Å². The molecule has 590 valence electrons. The molecule has 0 fully saturated rings. The highest BCUT2D eigenvalue weighted by Crippen LogP contribution is 2.53. The number of rotatable bonds is 6. The first-order chi connectivity index (χ1) is 62.2. The predicted octanol–water partition coefficient (Wildman–Crippen LogP) is 33.1. The molecular weight excluding hydrogens is 1540 g/mol. The first-order valence-electron chi connectivity index (χ1n) is 43.0. The largest absolute Gasteiger partial charge is 0.456 e. The third kappa shape index (κ3) is 10.3. The van der Waals surface area contributed by atoms with Crippen LogP contribution in [0, 0.1) is 0 Å². The van der Waals surface area contributed by atoms with Gasteiger partial charge in [-0.3, -0.25) is 0 Å². The summed E-state index contributed by atoms with van der Waals surface area (Å²) < 4.78 is 45.2. The Morgan fingerprint density at radius 2 is 0.460 bits per heavy atom. The third-order valence-electron chi connectivity index (χ3n) is 26.8. The summed E-state index contributed by atoms with van der Waals surface area (Å²) in [6, 6.07) is 140. The molecule has 0 amide bonds. The van der Waals surface area contributed by atoms with Crippen molar-refractivity contribution in [2.24, 2.45) is 0 Å². The lowest BCUT2D eigenvalue weighted by molar-refractivity contribution is 0.660. The van der Waals surface area contributed by atoms with Crippen LogP contribution in [0.1, 0.15) is 25.0 Å². The highest BCUT2D eigenvalue weighted by atomic mass is 16.3. The number of hydrogen-bond acceptors (Lipinski definition) is 6. The summed E-state index contributed by atoms with van der Waals surface area (Å²) in [6.07, 6.45) is 0. The van der Waals surface area contributed by atoms with E-state index in [2.05, 4.69) is 355 Å². The number of para-hydroxylation sites is 10. The lowest BCUT2D eigenvalue weighted by Gasteiger charge is -2.23. The van der Waals surface area contributed by atoms with Crippen molar-refractivity contribution < 1.29 is 26.5 Å². The smallest absolute Gasteiger partial charge is 0.160 e. The van der Waals surface area contributed by atoms with Crippen molar-refractivity contribution in [1.29, 1.82) is 0 Å². The van der Waals surface area contributed by atoms with Gasteiger partial charge in [-0.2, -0.15) is 0 Å². The van der Waals surface area contributed by atoms with Gasteiger partial charge in [0.2, 0.25) is 0 Å². The highest BCUT2D eigenvalue weighted by molar-refractivity contribution is 6.25. The molecule has 1 aliphatic carbocycles. The average Bonchev–Trinajstić information content (AvgIpc) is 1.55. The summed E-state index contributed by atoms with van der Waals surface area (Å²) in [5.41, 5.74) is 33.3. The van der Waals surface area contributed by atoms with Gasteiger partial charge in [-0.05, 0) is 190 Å². The van der Waals surface area contributed by atoms with Crippen LogP contribution in [0.15, 0.2) is 421 Å². The molecule has 29 rings (SSSR count). The molecule has 28 aromatic rings. The van der Waals surface area contributed by atoms with E-state index in [0.717, 1.165) is 182 Å². The maximum Gasteiger partial charge on any atom is 0.160 e. The van der Waals surface area contributed by atoms with Gasteiger partial charge < -0.3 is 40.2 Å². The number of fused-ring (bicyclic) bond motifs is 33. The van der Waals surface area contributed by atoms with Crippen molar-refractivity contribution >= 4 is 197 Å². The normalized spacial score (nSPS) is 12.7. The van der Waals surface area contributed by atoms with Crippen LogP contribution in [0.3, 0.4) is 0 Å². The van der Waals surface area contributed by atoms with E-state index in [1.54, 1.807) is 0 Å². The number of benzene rings is 19. The van der Waals surface area contributed by atoms with Crippen LogP contribution in [0.2, 0.25) is 0 Å². The van der Waals surface area contributed by atoms with E-state index in [1.165, 1.54) is 87.9 Å². The quantitative estimate of drug-likeness (QED) is 0.165. The summed E-state index contributed by atoms with van der Waals surface area (Å²) in [4.78, 5) is 0. The van der Waals surface area contributed by atoms with Crippen LogP contribution >= 0.6 is 0 Å². The molecule has 0 atom stereocenters. The highest BCUT2D eigenvalue weighted by Gasteiger charge is 2.37. The fraction of sp³-hybridized carbons (Fsp3) is 0.0256. The molecule has 0 aliphatic heterocycles. The van der Waals surface area contributed by atoms with E-state index < -0.39 is 0 Å². The molecule has 9 heteroatoms.